The van der Waals surface area contributed by atoms with Crippen molar-refractivity contribution in [1.29, 1.82) is 0 Å². The van der Waals surface area contributed by atoms with E-state index >= 15 is 0 Å². The van der Waals surface area contributed by atoms with Crippen LogP contribution in [0.3, 0.4) is 0 Å². The van der Waals surface area contributed by atoms with Gasteiger partial charge in [-0.3, -0.25) is 0 Å². The van der Waals surface area contributed by atoms with Crippen molar-refractivity contribution in [2.45, 2.75) is 32.0 Å². The summed E-state index contributed by atoms with van der Waals surface area (Å²) in [5.74, 6) is 0.757. The molecule has 1 heterocycles. The van der Waals surface area contributed by atoms with Crippen LogP contribution in [-0.2, 0) is 10.6 Å². The van der Waals surface area contributed by atoms with Gasteiger partial charge in [-0.25, -0.2) is 5.43 Å². The fourth-order valence-corrected chi connectivity index (χ4v) is 3.49. The van der Waals surface area contributed by atoms with E-state index in [9.17, 15) is 0 Å². The highest BCUT2D eigenvalue weighted by atomic mass is 16.5. The van der Waals surface area contributed by atoms with Crippen LogP contribution in [0.5, 0.6) is 5.75 Å². The van der Waals surface area contributed by atoms with Crippen molar-refractivity contribution < 1.29 is 9.47 Å². The van der Waals surface area contributed by atoms with Crippen molar-refractivity contribution in [3.8, 4) is 5.75 Å². The number of nitrogens with zero attached hydrogens (tertiary/aromatic N) is 1. The summed E-state index contributed by atoms with van der Waals surface area (Å²) in [6, 6.07) is 17.8. The van der Waals surface area contributed by atoms with Crippen LogP contribution in [0, 0.1) is 0 Å². The predicted octanol–water partition coefficient (Wildman–Crippen LogP) is 4.35. The van der Waals surface area contributed by atoms with Gasteiger partial charge in [-0.15, -0.1) is 0 Å². The first-order valence-electron chi connectivity index (χ1n) is 8.91. The molecule has 1 aliphatic carbocycles. The standard InChI is InChI=1S/C21H23N3O2/c1-15-19-9-6-10-20(19)23-24-21(26-15,16-7-4-3-5-8-16)22-17-11-13-18(25-2)14-12-17/h3-5,7-8,11-14,22,24H,6,9-10H2,1-2H3. The summed E-state index contributed by atoms with van der Waals surface area (Å²) in [5.41, 5.74) is 7.45. The highest BCUT2D eigenvalue weighted by Gasteiger charge is 2.38. The Morgan fingerprint density at radius 3 is 2.58 bits per heavy atom. The zero-order chi connectivity index (χ0) is 18.0. The Morgan fingerprint density at radius 2 is 1.85 bits per heavy atom. The van der Waals surface area contributed by atoms with E-state index in [4.69, 9.17) is 14.6 Å². The van der Waals surface area contributed by atoms with Crippen LogP contribution < -0.4 is 15.5 Å². The molecular formula is C21H23N3O2. The molecule has 4 rings (SSSR count). The summed E-state index contributed by atoms with van der Waals surface area (Å²) in [4.78, 5) is 0. The lowest BCUT2D eigenvalue weighted by Gasteiger charge is -2.35. The second-order valence-electron chi connectivity index (χ2n) is 6.56. The van der Waals surface area contributed by atoms with Crippen molar-refractivity contribution in [3.63, 3.8) is 0 Å². The monoisotopic (exact) mass is 349 g/mol. The lowest BCUT2D eigenvalue weighted by atomic mass is 10.1. The topological polar surface area (TPSA) is 54.9 Å². The minimum Gasteiger partial charge on any atom is -0.497 e. The minimum atomic E-state index is -0.968. The third-order valence-electron chi connectivity index (χ3n) is 4.86. The molecule has 1 saturated carbocycles. The smallest absolute Gasteiger partial charge is 0.301 e. The van der Waals surface area contributed by atoms with Gasteiger partial charge in [0.15, 0.2) is 0 Å². The van der Waals surface area contributed by atoms with E-state index in [1.807, 2.05) is 61.5 Å². The lowest BCUT2D eigenvalue weighted by molar-refractivity contribution is -0.00569. The number of nitrogens with one attached hydrogen (secondary N) is 2. The summed E-state index contributed by atoms with van der Waals surface area (Å²) in [5, 5.41) is 8.18. The van der Waals surface area contributed by atoms with Gasteiger partial charge in [0.1, 0.15) is 11.5 Å². The molecule has 0 radical (unpaired) electrons. The van der Waals surface area contributed by atoms with Gasteiger partial charge < -0.3 is 14.8 Å². The molecule has 1 fully saturated rings. The van der Waals surface area contributed by atoms with Crippen molar-refractivity contribution in [2.75, 3.05) is 12.4 Å². The normalized spacial score (nSPS) is 21.8. The number of hydrogen-bond acceptors (Lipinski definition) is 5. The number of methoxy groups -OCH3 is 1. The zero-order valence-corrected chi connectivity index (χ0v) is 15.1. The molecule has 5 nitrogen and oxygen atoms in total. The number of allylic oxidation sites excluding steroid dienone is 2. The Labute approximate surface area is 153 Å². The molecule has 0 bridgehead atoms. The van der Waals surface area contributed by atoms with Crippen molar-refractivity contribution in [2.24, 2.45) is 5.10 Å². The van der Waals surface area contributed by atoms with E-state index in [0.29, 0.717) is 0 Å². The van der Waals surface area contributed by atoms with E-state index in [2.05, 4.69) is 10.7 Å². The number of rotatable bonds is 4. The first-order valence-corrected chi connectivity index (χ1v) is 8.91. The first-order chi connectivity index (χ1) is 12.7. The minimum absolute atomic E-state index is 0.812. The highest BCUT2D eigenvalue weighted by molar-refractivity contribution is 6.02. The molecule has 5 heteroatoms. The quantitative estimate of drug-likeness (QED) is 0.861. The zero-order valence-electron chi connectivity index (χ0n) is 15.1. The number of hydrazone groups is 1. The van der Waals surface area contributed by atoms with Crippen molar-refractivity contribution >= 4 is 11.4 Å². The third kappa shape index (κ3) is 3.01. The number of hydrogen-bond donors (Lipinski definition) is 2. The summed E-state index contributed by atoms with van der Waals surface area (Å²) in [6.07, 6.45) is 3.12. The molecule has 2 aromatic rings. The van der Waals surface area contributed by atoms with Crippen LogP contribution in [0.2, 0.25) is 0 Å². The number of benzene rings is 2. The van der Waals surface area contributed by atoms with Gasteiger partial charge >= 0.3 is 5.85 Å². The van der Waals surface area contributed by atoms with E-state index < -0.39 is 5.85 Å². The van der Waals surface area contributed by atoms with E-state index in [-0.39, 0.29) is 0 Å². The molecule has 0 spiro atoms. The molecule has 1 atom stereocenters. The highest BCUT2D eigenvalue weighted by Crippen LogP contribution is 2.35. The Morgan fingerprint density at radius 1 is 1.08 bits per heavy atom. The van der Waals surface area contributed by atoms with Gasteiger partial charge in [0, 0.05) is 16.8 Å². The van der Waals surface area contributed by atoms with Crippen LogP contribution in [0.1, 0.15) is 31.7 Å². The average Bonchev–Trinajstić information content (AvgIpc) is 3.11. The fraction of sp³-hybridized carbons (Fsp3) is 0.286. The van der Waals surface area contributed by atoms with Crippen LogP contribution in [0.15, 0.2) is 71.0 Å². The SMILES string of the molecule is COc1ccc(NC2(c3ccccc3)NN=C3CCCC3=C(C)O2)cc1. The predicted molar refractivity (Wildman–Crippen MR) is 103 cm³/mol. The number of anilines is 1. The van der Waals surface area contributed by atoms with Gasteiger partial charge in [0.2, 0.25) is 0 Å². The molecule has 0 amide bonds. The summed E-state index contributed by atoms with van der Waals surface area (Å²) in [7, 11) is 1.66. The molecule has 26 heavy (non-hydrogen) atoms. The van der Waals surface area contributed by atoms with Crippen molar-refractivity contribution in [3.05, 3.63) is 71.5 Å². The van der Waals surface area contributed by atoms with Crippen LogP contribution in [0.4, 0.5) is 5.69 Å². The summed E-state index contributed by atoms with van der Waals surface area (Å²) in [6.45, 7) is 2.02. The van der Waals surface area contributed by atoms with E-state index in [1.165, 1.54) is 5.57 Å². The maximum absolute atomic E-state index is 6.47. The molecular weight excluding hydrogens is 326 g/mol. The second-order valence-corrected chi connectivity index (χ2v) is 6.56. The van der Waals surface area contributed by atoms with Gasteiger partial charge in [0.05, 0.1) is 12.8 Å². The van der Waals surface area contributed by atoms with Gasteiger partial charge in [-0.1, -0.05) is 30.3 Å². The Bertz CT molecular complexity index is 843. The van der Waals surface area contributed by atoms with Crippen LogP contribution in [-0.4, -0.2) is 12.8 Å². The molecule has 2 aromatic carbocycles. The second kappa shape index (κ2) is 6.75. The average molecular weight is 349 g/mol. The summed E-state index contributed by atoms with van der Waals surface area (Å²) < 4.78 is 11.7. The molecule has 0 aromatic heterocycles. The lowest BCUT2D eigenvalue weighted by Crippen LogP contribution is -2.48. The fourth-order valence-electron chi connectivity index (χ4n) is 3.49. The van der Waals surface area contributed by atoms with Crippen molar-refractivity contribution in [1.82, 2.24) is 5.43 Å². The Hall–Kier alpha value is -2.95. The van der Waals surface area contributed by atoms with Gasteiger partial charge in [-0.2, -0.15) is 5.10 Å². The van der Waals surface area contributed by atoms with Crippen LogP contribution in [0.25, 0.3) is 0 Å². The van der Waals surface area contributed by atoms with Crippen LogP contribution >= 0.6 is 0 Å². The first kappa shape index (κ1) is 16.5. The van der Waals surface area contributed by atoms with E-state index in [1.54, 1.807) is 7.11 Å². The molecule has 2 N–H and O–H groups in total. The Balaban J connectivity index is 1.75. The van der Waals surface area contributed by atoms with Gasteiger partial charge in [0.25, 0.3) is 0 Å². The molecule has 134 valence electrons. The molecule has 1 unspecified atom stereocenters. The Kier molecular flexibility index (Phi) is 4.29. The van der Waals surface area contributed by atoms with E-state index in [0.717, 1.165) is 47.7 Å². The summed E-state index contributed by atoms with van der Waals surface area (Å²) >= 11 is 0. The maximum Gasteiger partial charge on any atom is 0.301 e. The largest absolute Gasteiger partial charge is 0.497 e. The number of ether oxygens (including phenoxy) is 2. The van der Waals surface area contributed by atoms with Gasteiger partial charge in [-0.05, 0) is 50.5 Å². The maximum atomic E-state index is 6.47. The number of fused-ring (bicyclic) bond motifs is 1. The molecule has 2 aliphatic rings. The molecule has 0 saturated heterocycles. The third-order valence-corrected chi connectivity index (χ3v) is 4.86. The molecule has 1 aliphatic heterocycles.